The van der Waals surface area contributed by atoms with E-state index in [9.17, 15) is 4.79 Å². The first-order valence-electron chi connectivity index (χ1n) is 4.71. The molecule has 13 heavy (non-hydrogen) atoms. The minimum absolute atomic E-state index is 0.0685. The number of carbonyl (C=O) groups excluding carboxylic acids is 1. The van der Waals surface area contributed by atoms with Crippen LogP contribution >= 0.6 is 11.8 Å². The van der Waals surface area contributed by atoms with Gasteiger partial charge in [-0.2, -0.15) is 0 Å². The quantitative estimate of drug-likeness (QED) is 0.666. The summed E-state index contributed by atoms with van der Waals surface area (Å²) in [6, 6.07) is 0. The van der Waals surface area contributed by atoms with Crippen molar-refractivity contribution in [2.24, 2.45) is 11.3 Å². The van der Waals surface area contributed by atoms with Crippen molar-refractivity contribution in [2.45, 2.75) is 26.7 Å². The Bertz CT molecular complexity index is 188. The van der Waals surface area contributed by atoms with Crippen molar-refractivity contribution in [1.29, 1.82) is 0 Å². The lowest BCUT2D eigenvalue weighted by molar-refractivity contribution is -0.130. The Labute approximate surface area is 84.3 Å². The van der Waals surface area contributed by atoms with Crippen molar-refractivity contribution in [3.8, 4) is 0 Å². The molecular weight excluding hydrogens is 188 g/mol. The van der Waals surface area contributed by atoms with Crippen LogP contribution in [-0.4, -0.2) is 19.0 Å². The molecule has 0 unspecified atom stereocenters. The molecule has 1 aliphatic rings. The SMILES string of the molecule is CC(C)(C(=O)NCl)C1CCNCC1. The number of rotatable bonds is 2. The molecule has 1 heterocycles. The lowest BCUT2D eigenvalue weighted by atomic mass is 9.73. The zero-order chi connectivity index (χ0) is 9.90. The third-order valence-corrected chi connectivity index (χ3v) is 3.20. The number of hydrogen-bond acceptors (Lipinski definition) is 2. The van der Waals surface area contributed by atoms with Gasteiger partial charge in [0.25, 0.3) is 0 Å². The molecular formula is C9H17ClN2O. The number of halogens is 1. The van der Waals surface area contributed by atoms with Crippen LogP contribution in [0.2, 0.25) is 0 Å². The molecule has 0 bridgehead atoms. The van der Waals surface area contributed by atoms with E-state index in [1.54, 1.807) is 0 Å². The van der Waals surface area contributed by atoms with Crippen LogP contribution in [0.3, 0.4) is 0 Å². The van der Waals surface area contributed by atoms with Gasteiger partial charge in [0.1, 0.15) is 0 Å². The molecule has 0 aromatic carbocycles. The summed E-state index contributed by atoms with van der Waals surface area (Å²) in [5.41, 5.74) is -0.343. The molecule has 2 N–H and O–H groups in total. The van der Waals surface area contributed by atoms with Crippen LogP contribution in [0.1, 0.15) is 26.7 Å². The lowest BCUT2D eigenvalue weighted by Gasteiger charge is -2.35. The van der Waals surface area contributed by atoms with Crippen molar-refractivity contribution in [2.75, 3.05) is 13.1 Å². The Morgan fingerprint density at radius 1 is 1.46 bits per heavy atom. The van der Waals surface area contributed by atoms with Gasteiger partial charge >= 0.3 is 0 Å². The molecule has 1 amide bonds. The number of piperidine rings is 1. The first-order valence-corrected chi connectivity index (χ1v) is 5.08. The Kier molecular flexibility index (Phi) is 3.56. The highest BCUT2D eigenvalue weighted by Crippen LogP contribution is 2.33. The Morgan fingerprint density at radius 3 is 2.46 bits per heavy atom. The number of amides is 1. The van der Waals surface area contributed by atoms with Gasteiger partial charge in [-0.05, 0) is 31.8 Å². The van der Waals surface area contributed by atoms with E-state index in [0.29, 0.717) is 5.92 Å². The first kappa shape index (κ1) is 10.8. The van der Waals surface area contributed by atoms with Gasteiger partial charge in [0.05, 0.1) is 0 Å². The third-order valence-electron chi connectivity index (χ3n) is 3.03. The maximum absolute atomic E-state index is 11.5. The van der Waals surface area contributed by atoms with Crippen LogP contribution in [0.4, 0.5) is 0 Å². The number of nitrogens with one attached hydrogen (secondary N) is 2. The molecule has 0 spiro atoms. The topological polar surface area (TPSA) is 41.1 Å². The second-order valence-electron chi connectivity index (χ2n) is 4.17. The van der Waals surface area contributed by atoms with E-state index in [-0.39, 0.29) is 11.3 Å². The second-order valence-corrected chi connectivity index (χ2v) is 4.36. The van der Waals surface area contributed by atoms with E-state index in [1.165, 1.54) is 0 Å². The van der Waals surface area contributed by atoms with Crippen LogP contribution in [0.5, 0.6) is 0 Å². The molecule has 0 saturated carbocycles. The van der Waals surface area contributed by atoms with Crippen molar-refractivity contribution >= 4 is 17.7 Å². The largest absolute Gasteiger partial charge is 0.317 e. The summed E-state index contributed by atoms with van der Waals surface area (Å²) in [7, 11) is 0. The predicted molar refractivity (Wildman–Crippen MR) is 53.4 cm³/mol. The fraction of sp³-hybridized carbons (Fsp3) is 0.889. The van der Waals surface area contributed by atoms with E-state index in [0.717, 1.165) is 25.9 Å². The van der Waals surface area contributed by atoms with Crippen molar-refractivity contribution in [3.05, 3.63) is 0 Å². The van der Waals surface area contributed by atoms with Gasteiger partial charge in [-0.15, -0.1) is 0 Å². The van der Waals surface area contributed by atoms with Crippen molar-refractivity contribution < 1.29 is 4.79 Å². The first-order chi connectivity index (χ1) is 6.09. The molecule has 0 radical (unpaired) electrons. The van der Waals surface area contributed by atoms with Crippen LogP contribution in [0.25, 0.3) is 0 Å². The molecule has 1 fully saturated rings. The third kappa shape index (κ3) is 2.35. The van der Waals surface area contributed by atoms with Crippen LogP contribution in [-0.2, 0) is 4.79 Å². The maximum Gasteiger partial charge on any atom is 0.240 e. The molecule has 0 atom stereocenters. The van der Waals surface area contributed by atoms with Gasteiger partial charge in [-0.25, -0.2) is 0 Å². The lowest BCUT2D eigenvalue weighted by Crippen LogP contribution is -2.43. The van der Waals surface area contributed by atoms with E-state index in [2.05, 4.69) is 10.2 Å². The highest BCUT2D eigenvalue weighted by molar-refractivity contribution is 6.22. The number of hydrogen-bond donors (Lipinski definition) is 2. The van der Waals surface area contributed by atoms with E-state index >= 15 is 0 Å². The summed E-state index contributed by atoms with van der Waals surface area (Å²) in [6.07, 6.45) is 2.11. The van der Waals surface area contributed by atoms with Gasteiger partial charge < -0.3 is 5.32 Å². The summed E-state index contributed by atoms with van der Waals surface area (Å²) < 4.78 is 0. The van der Waals surface area contributed by atoms with Gasteiger partial charge in [0.15, 0.2) is 0 Å². The van der Waals surface area contributed by atoms with Crippen molar-refractivity contribution in [3.63, 3.8) is 0 Å². The smallest absolute Gasteiger partial charge is 0.240 e. The van der Waals surface area contributed by atoms with E-state index in [4.69, 9.17) is 11.8 Å². The van der Waals surface area contributed by atoms with E-state index in [1.807, 2.05) is 13.8 Å². The summed E-state index contributed by atoms with van der Waals surface area (Å²) in [5.74, 6) is 0.369. The Hall–Kier alpha value is -0.280. The zero-order valence-corrected chi connectivity index (χ0v) is 8.95. The molecule has 0 aromatic rings. The molecule has 0 aliphatic carbocycles. The maximum atomic E-state index is 11.5. The average Bonchev–Trinajstić information content (AvgIpc) is 2.18. The summed E-state index contributed by atoms with van der Waals surface area (Å²) in [4.78, 5) is 13.7. The van der Waals surface area contributed by atoms with Gasteiger partial charge in [-0.1, -0.05) is 13.8 Å². The Balaban J connectivity index is 2.60. The summed E-state index contributed by atoms with van der Waals surface area (Å²) >= 11 is 5.34. The molecule has 1 aliphatic heterocycles. The van der Waals surface area contributed by atoms with Gasteiger partial charge in [-0.3, -0.25) is 9.63 Å². The highest BCUT2D eigenvalue weighted by atomic mass is 35.5. The van der Waals surface area contributed by atoms with Crippen LogP contribution in [0.15, 0.2) is 0 Å². The van der Waals surface area contributed by atoms with Crippen molar-refractivity contribution in [1.82, 2.24) is 10.2 Å². The zero-order valence-electron chi connectivity index (χ0n) is 8.19. The number of carbonyl (C=O) groups is 1. The summed E-state index contributed by atoms with van der Waals surface area (Å²) in [6.45, 7) is 5.93. The van der Waals surface area contributed by atoms with Crippen LogP contribution < -0.4 is 10.2 Å². The predicted octanol–water partition coefficient (Wildman–Crippen LogP) is 1.28. The molecule has 0 aromatic heterocycles. The average molecular weight is 205 g/mol. The molecule has 76 valence electrons. The van der Waals surface area contributed by atoms with Gasteiger partial charge in [0, 0.05) is 17.2 Å². The molecule has 1 saturated heterocycles. The fourth-order valence-corrected chi connectivity index (χ4v) is 2.09. The molecule has 3 nitrogen and oxygen atoms in total. The standard InChI is InChI=1S/C9H17ClN2O/c1-9(2,8(13)12-10)7-3-5-11-6-4-7/h7,11H,3-6H2,1-2H3,(H,12,13). The molecule has 4 heteroatoms. The Morgan fingerprint density at radius 2 is 2.00 bits per heavy atom. The van der Waals surface area contributed by atoms with Crippen LogP contribution in [0, 0.1) is 11.3 Å². The monoisotopic (exact) mass is 204 g/mol. The minimum atomic E-state index is -0.343. The summed E-state index contributed by atoms with van der Waals surface area (Å²) in [5, 5.41) is 3.28. The highest BCUT2D eigenvalue weighted by Gasteiger charge is 2.36. The van der Waals surface area contributed by atoms with E-state index < -0.39 is 0 Å². The van der Waals surface area contributed by atoms with Gasteiger partial charge in [0.2, 0.25) is 5.91 Å². The molecule has 1 rings (SSSR count). The fourth-order valence-electron chi connectivity index (χ4n) is 1.85. The second kappa shape index (κ2) is 4.29. The normalized spacial score (nSPS) is 19.9. The minimum Gasteiger partial charge on any atom is -0.317 e.